The van der Waals surface area contributed by atoms with Crippen LogP contribution in [0.15, 0.2) is 16.7 Å². The number of hydrogen-bond acceptors (Lipinski definition) is 2. The Bertz CT molecular complexity index is 406. The number of halogens is 1. The summed E-state index contributed by atoms with van der Waals surface area (Å²) in [6, 6.07) is 2.05. The third-order valence-electron chi connectivity index (χ3n) is 2.83. The van der Waals surface area contributed by atoms with Gasteiger partial charge in [0.1, 0.15) is 5.82 Å². The molecule has 0 spiro atoms. The van der Waals surface area contributed by atoms with Crippen molar-refractivity contribution < 1.29 is 4.79 Å². The maximum absolute atomic E-state index is 11.9. The zero-order chi connectivity index (χ0) is 11.0. The Labute approximate surface area is 97.6 Å². The zero-order valence-corrected chi connectivity index (χ0v) is 10.4. The number of carbonyl (C=O) groups excluding carboxylic acids is 1. The third-order valence-corrected chi connectivity index (χ3v) is 3.26. The van der Waals surface area contributed by atoms with Crippen molar-refractivity contribution in [3.8, 4) is 0 Å². The van der Waals surface area contributed by atoms with Crippen LogP contribution < -0.4 is 4.90 Å². The highest BCUT2D eigenvalue weighted by atomic mass is 79.9. The number of amides is 1. The molecule has 0 fully saturated rings. The number of nitrogens with zero attached hydrogens (tertiary/aromatic N) is 2. The molecular weight excluding hydrogens is 256 g/mol. The summed E-state index contributed by atoms with van der Waals surface area (Å²) in [5.74, 6) is 1.04. The van der Waals surface area contributed by atoms with E-state index < -0.39 is 0 Å². The second kappa shape index (κ2) is 3.93. The van der Waals surface area contributed by atoms with Crippen molar-refractivity contribution in [2.75, 3.05) is 11.9 Å². The Morgan fingerprint density at radius 2 is 2.33 bits per heavy atom. The van der Waals surface area contributed by atoms with Gasteiger partial charge in [0.15, 0.2) is 0 Å². The number of anilines is 1. The molecule has 1 aromatic heterocycles. The summed E-state index contributed by atoms with van der Waals surface area (Å²) in [6.07, 6.45) is 3.55. The standard InChI is InChI=1S/C11H13BrN2O/c1-7-3-4-8-5-9(12)6-13-10(8)14(2)11(7)15/h5-7H,3-4H2,1-2H3. The average molecular weight is 269 g/mol. The van der Waals surface area contributed by atoms with Crippen LogP contribution in [0.5, 0.6) is 0 Å². The molecule has 1 aromatic rings. The number of rotatable bonds is 0. The quantitative estimate of drug-likeness (QED) is 0.724. The monoisotopic (exact) mass is 268 g/mol. The Balaban J connectivity index is 2.47. The first-order chi connectivity index (χ1) is 7.09. The van der Waals surface area contributed by atoms with Crippen LogP contribution in [0.1, 0.15) is 18.9 Å². The first-order valence-corrected chi connectivity index (χ1v) is 5.81. The lowest BCUT2D eigenvalue weighted by molar-refractivity contribution is -0.121. The van der Waals surface area contributed by atoms with Gasteiger partial charge in [0, 0.05) is 23.6 Å². The normalized spacial score (nSPS) is 21.1. The molecule has 1 atom stereocenters. The van der Waals surface area contributed by atoms with Crippen molar-refractivity contribution in [3.63, 3.8) is 0 Å². The second-order valence-electron chi connectivity index (χ2n) is 3.97. The highest BCUT2D eigenvalue weighted by Crippen LogP contribution is 2.28. The molecular formula is C11H13BrN2O. The van der Waals surface area contributed by atoms with Gasteiger partial charge < -0.3 is 0 Å². The van der Waals surface area contributed by atoms with Crippen LogP contribution >= 0.6 is 15.9 Å². The fourth-order valence-corrected chi connectivity index (χ4v) is 2.27. The largest absolute Gasteiger partial charge is 0.300 e. The number of pyridine rings is 1. The summed E-state index contributed by atoms with van der Waals surface area (Å²) in [4.78, 5) is 17.8. The molecule has 0 saturated heterocycles. The van der Waals surface area contributed by atoms with Gasteiger partial charge >= 0.3 is 0 Å². The van der Waals surface area contributed by atoms with E-state index in [0.717, 1.165) is 28.7 Å². The minimum Gasteiger partial charge on any atom is -0.300 e. The van der Waals surface area contributed by atoms with E-state index in [9.17, 15) is 4.79 Å². The minimum absolute atomic E-state index is 0.0861. The van der Waals surface area contributed by atoms with E-state index in [-0.39, 0.29) is 11.8 Å². The van der Waals surface area contributed by atoms with Crippen molar-refractivity contribution in [1.82, 2.24) is 4.98 Å². The van der Waals surface area contributed by atoms with Crippen LogP contribution in [-0.2, 0) is 11.2 Å². The highest BCUT2D eigenvalue weighted by molar-refractivity contribution is 9.10. The molecule has 3 nitrogen and oxygen atoms in total. The van der Waals surface area contributed by atoms with E-state index in [1.807, 2.05) is 13.0 Å². The summed E-state index contributed by atoms with van der Waals surface area (Å²) < 4.78 is 0.969. The summed E-state index contributed by atoms with van der Waals surface area (Å²) in [6.45, 7) is 1.97. The van der Waals surface area contributed by atoms with E-state index in [0.29, 0.717) is 0 Å². The Kier molecular flexibility index (Phi) is 2.78. The Hall–Kier alpha value is -0.900. The van der Waals surface area contributed by atoms with E-state index in [1.165, 1.54) is 0 Å². The summed E-state index contributed by atoms with van der Waals surface area (Å²) in [5, 5.41) is 0. The lowest BCUT2D eigenvalue weighted by Gasteiger charge is -2.18. The molecule has 1 aliphatic heterocycles. The lowest BCUT2D eigenvalue weighted by atomic mass is 10.0. The van der Waals surface area contributed by atoms with Crippen LogP contribution in [0.3, 0.4) is 0 Å². The SMILES string of the molecule is CC1CCc2cc(Br)cnc2N(C)C1=O. The van der Waals surface area contributed by atoms with Crippen molar-refractivity contribution >= 4 is 27.7 Å². The number of hydrogen-bond donors (Lipinski definition) is 0. The minimum atomic E-state index is 0.0861. The van der Waals surface area contributed by atoms with Crippen LogP contribution in [0.25, 0.3) is 0 Å². The Morgan fingerprint density at radius 3 is 3.07 bits per heavy atom. The van der Waals surface area contributed by atoms with Crippen LogP contribution in [0.4, 0.5) is 5.82 Å². The molecule has 0 bridgehead atoms. The van der Waals surface area contributed by atoms with Gasteiger partial charge in [0.25, 0.3) is 0 Å². The molecule has 0 radical (unpaired) electrons. The molecule has 4 heteroatoms. The average Bonchev–Trinajstić information content (AvgIpc) is 2.32. The molecule has 15 heavy (non-hydrogen) atoms. The van der Waals surface area contributed by atoms with Gasteiger partial charge in [-0.2, -0.15) is 0 Å². The van der Waals surface area contributed by atoms with Gasteiger partial charge in [-0.3, -0.25) is 9.69 Å². The van der Waals surface area contributed by atoms with Gasteiger partial charge in [0.05, 0.1) is 0 Å². The first kappa shape index (κ1) is 10.6. The van der Waals surface area contributed by atoms with Gasteiger partial charge in [-0.15, -0.1) is 0 Å². The molecule has 1 unspecified atom stereocenters. The summed E-state index contributed by atoms with van der Waals surface area (Å²) in [5.41, 5.74) is 1.14. The smallest absolute Gasteiger partial charge is 0.230 e. The summed E-state index contributed by atoms with van der Waals surface area (Å²) >= 11 is 3.40. The van der Waals surface area contributed by atoms with Gasteiger partial charge in [-0.25, -0.2) is 4.98 Å². The zero-order valence-electron chi connectivity index (χ0n) is 8.83. The Morgan fingerprint density at radius 1 is 1.60 bits per heavy atom. The maximum Gasteiger partial charge on any atom is 0.230 e. The predicted octanol–water partition coefficient (Wildman–Crippen LogP) is 2.39. The van der Waals surface area contributed by atoms with Crippen molar-refractivity contribution in [2.45, 2.75) is 19.8 Å². The van der Waals surface area contributed by atoms with E-state index >= 15 is 0 Å². The molecule has 80 valence electrons. The number of aryl methyl sites for hydroxylation is 1. The van der Waals surface area contributed by atoms with Crippen molar-refractivity contribution in [3.05, 3.63) is 22.3 Å². The molecule has 2 heterocycles. The maximum atomic E-state index is 11.9. The van der Waals surface area contributed by atoms with E-state index in [4.69, 9.17) is 0 Å². The predicted molar refractivity (Wildman–Crippen MR) is 62.8 cm³/mol. The molecule has 1 amide bonds. The number of fused-ring (bicyclic) bond motifs is 1. The fourth-order valence-electron chi connectivity index (χ4n) is 1.89. The van der Waals surface area contributed by atoms with Gasteiger partial charge in [-0.1, -0.05) is 6.92 Å². The summed E-state index contributed by atoms with van der Waals surface area (Å²) in [7, 11) is 1.80. The highest BCUT2D eigenvalue weighted by Gasteiger charge is 2.25. The molecule has 0 aliphatic carbocycles. The molecule has 0 N–H and O–H groups in total. The van der Waals surface area contributed by atoms with Crippen LogP contribution in [0, 0.1) is 5.92 Å². The van der Waals surface area contributed by atoms with Gasteiger partial charge in [0.2, 0.25) is 5.91 Å². The third kappa shape index (κ3) is 1.91. The van der Waals surface area contributed by atoms with E-state index in [1.54, 1.807) is 18.1 Å². The lowest BCUT2D eigenvalue weighted by Crippen LogP contribution is -2.30. The number of aromatic nitrogens is 1. The molecule has 1 aliphatic rings. The molecule has 0 aromatic carbocycles. The van der Waals surface area contributed by atoms with Crippen LogP contribution in [0.2, 0.25) is 0 Å². The van der Waals surface area contributed by atoms with Crippen molar-refractivity contribution in [2.24, 2.45) is 5.92 Å². The molecule has 0 saturated carbocycles. The topological polar surface area (TPSA) is 33.2 Å². The van der Waals surface area contributed by atoms with Crippen molar-refractivity contribution in [1.29, 1.82) is 0 Å². The first-order valence-electron chi connectivity index (χ1n) is 5.01. The molecule has 2 rings (SSSR count). The van der Waals surface area contributed by atoms with E-state index in [2.05, 4.69) is 20.9 Å². The fraction of sp³-hybridized carbons (Fsp3) is 0.455. The van der Waals surface area contributed by atoms with Crippen LogP contribution in [-0.4, -0.2) is 17.9 Å². The second-order valence-corrected chi connectivity index (χ2v) is 4.89. The van der Waals surface area contributed by atoms with Gasteiger partial charge in [-0.05, 0) is 40.4 Å². The number of carbonyl (C=O) groups is 1.